The number of likely N-dealkylation sites (N-methyl/N-ethyl adjacent to an activating group) is 1. The molecule has 322 valence electrons. The number of imidazole rings is 1. The van der Waals surface area contributed by atoms with Crippen LogP contribution in [0.3, 0.4) is 0 Å². The highest BCUT2D eigenvalue weighted by atomic mass is 16.7. The number of aryl methyl sites for hydroxylation is 1. The standard InChI is InChI=1S/C43H65N5O10/c1-12-33-43(8)37(48(41(53)58-43)20-14-13-19-47-23-31(45-24-47)30-15-17-44-18-16-30)27(4)34(49)25(2)22-42(7,54-11)38(28(5)35(50)29(6)39(52)56-33)57-40-36(51)32(46(9)10)21-26(3)55-40/h15-18,23-29,32-33,36-38,40,51H,12-14,19-22H2,1-11H3/t25-,26+,27+,28-,29+,32-,33+,36+,37+,38+,40-,42-,43+/m0/s1. The normalized spacial score (nSPS) is 36.7. The number of ketones is 2. The monoisotopic (exact) mass is 811 g/mol. The van der Waals surface area contributed by atoms with Crippen LogP contribution in [-0.2, 0) is 44.6 Å². The number of aromatic nitrogens is 3. The van der Waals surface area contributed by atoms with E-state index < -0.39 is 83.4 Å². The molecular formula is C43H65N5O10. The van der Waals surface area contributed by atoms with Gasteiger partial charge in [0.1, 0.15) is 23.9 Å². The number of amides is 1. The van der Waals surface area contributed by atoms with Crippen molar-refractivity contribution in [2.45, 2.75) is 148 Å². The number of nitrogens with zero attached hydrogens (tertiary/aromatic N) is 5. The van der Waals surface area contributed by atoms with Crippen molar-refractivity contribution in [2.75, 3.05) is 27.7 Å². The number of methoxy groups -OCH3 is 1. The van der Waals surface area contributed by atoms with Crippen LogP contribution in [0.25, 0.3) is 11.3 Å². The van der Waals surface area contributed by atoms with Gasteiger partial charge in [-0.1, -0.05) is 27.7 Å². The Kier molecular flexibility index (Phi) is 14.6. The molecule has 15 heteroatoms. The van der Waals surface area contributed by atoms with Crippen molar-refractivity contribution in [3.63, 3.8) is 0 Å². The lowest BCUT2D eigenvalue weighted by atomic mass is 9.73. The number of unbranched alkanes of at least 4 members (excludes halogenated alkanes) is 1. The molecule has 5 heterocycles. The molecule has 58 heavy (non-hydrogen) atoms. The van der Waals surface area contributed by atoms with Crippen LogP contribution >= 0.6 is 0 Å². The van der Waals surface area contributed by atoms with Crippen LogP contribution in [0, 0.1) is 23.7 Å². The average Bonchev–Trinajstić information content (AvgIpc) is 3.78. The number of Topliss-reactive ketones (excluding diaryl/α,β-unsaturated/α-hetero) is 2. The van der Waals surface area contributed by atoms with Gasteiger partial charge in [0.15, 0.2) is 17.7 Å². The molecule has 0 aliphatic carbocycles. The maximum atomic E-state index is 14.7. The fraction of sp³-hybridized carbons (Fsp3) is 0.721. The first-order valence-electron chi connectivity index (χ1n) is 20.8. The lowest BCUT2D eigenvalue weighted by molar-refractivity contribution is -0.295. The third-order valence-electron chi connectivity index (χ3n) is 12.8. The molecule has 3 saturated heterocycles. The highest BCUT2D eigenvalue weighted by Gasteiger charge is 2.60. The molecule has 2 aromatic heterocycles. The van der Waals surface area contributed by atoms with Crippen molar-refractivity contribution in [3.8, 4) is 11.3 Å². The molecule has 3 aliphatic heterocycles. The summed E-state index contributed by atoms with van der Waals surface area (Å²) in [6.45, 7) is 14.9. The molecular weight excluding hydrogens is 746 g/mol. The first kappa shape index (κ1) is 45.3. The molecule has 0 spiro atoms. The quantitative estimate of drug-likeness (QED) is 0.184. The smallest absolute Gasteiger partial charge is 0.410 e. The lowest BCUT2D eigenvalue weighted by Crippen LogP contribution is -2.60. The van der Waals surface area contributed by atoms with Gasteiger partial charge in [0.2, 0.25) is 0 Å². The Morgan fingerprint density at radius 3 is 2.29 bits per heavy atom. The molecule has 13 atom stereocenters. The number of carbonyl (C=O) groups is 4. The number of hydrogen-bond acceptors (Lipinski definition) is 13. The molecule has 5 rings (SSSR count). The van der Waals surface area contributed by atoms with Crippen molar-refractivity contribution < 1.29 is 48.0 Å². The van der Waals surface area contributed by atoms with E-state index >= 15 is 0 Å². The van der Waals surface area contributed by atoms with Gasteiger partial charge >= 0.3 is 12.1 Å². The Morgan fingerprint density at radius 1 is 0.983 bits per heavy atom. The SMILES string of the molecule is CC[C@H]1OC(=O)[C@H](C)C(=O)[C@H](C)[C@@H](O[C@@H]2O[C@H](C)C[C@H](N(C)C)[C@H]2O)[C@@](C)(OC)C[C@H](C)C(=O)[C@@H](C)[C@H]2N(CCCCn3cnc(-c4ccncc4)c3)C(=O)O[C@]12C. The molecule has 0 bridgehead atoms. The molecule has 3 aliphatic rings. The molecule has 15 nitrogen and oxygen atoms in total. The van der Waals surface area contributed by atoms with Crippen LogP contribution in [0.15, 0.2) is 37.1 Å². The summed E-state index contributed by atoms with van der Waals surface area (Å²) in [5.41, 5.74) is -0.866. The van der Waals surface area contributed by atoms with E-state index in [9.17, 15) is 24.3 Å². The fourth-order valence-electron chi connectivity index (χ4n) is 9.44. The van der Waals surface area contributed by atoms with E-state index in [2.05, 4.69) is 9.97 Å². The number of cyclic esters (lactones) is 1. The molecule has 0 saturated carbocycles. The minimum absolute atomic E-state index is 0.130. The van der Waals surface area contributed by atoms with Gasteiger partial charge < -0.3 is 43.2 Å². The highest BCUT2D eigenvalue weighted by Crippen LogP contribution is 2.43. The average molecular weight is 812 g/mol. The number of esters is 1. The number of rotatable bonds is 11. The molecule has 0 aromatic carbocycles. The predicted octanol–water partition coefficient (Wildman–Crippen LogP) is 4.93. The predicted molar refractivity (Wildman–Crippen MR) is 214 cm³/mol. The Labute approximate surface area is 343 Å². The maximum Gasteiger partial charge on any atom is 0.410 e. The van der Waals surface area contributed by atoms with Gasteiger partial charge in [0.25, 0.3) is 0 Å². The summed E-state index contributed by atoms with van der Waals surface area (Å²) in [7, 11) is 5.24. The number of fused-ring (bicyclic) bond motifs is 1. The van der Waals surface area contributed by atoms with Crippen LogP contribution in [0.2, 0.25) is 0 Å². The van der Waals surface area contributed by atoms with Crippen molar-refractivity contribution in [2.24, 2.45) is 23.7 Å². The Morgan fingerprint density at radius 2 is 1.66 bits per heavy atom. The Balaban J connectivity index is 1.43. The minimum Gasteiger partial charge on any atom is -0.458 e. The van der Waals surface area contributed by atoms with Gasteiger partial charge in [-0.25, -0.2) is 9.78 Å². The Bertz CT molecular complexity index is 1740. The van der Waals surface area contributed by atoms with Gasteiger partial charge in [-0.2, -0.15) is 0 Å². The lowest BCUT2D eigenvalue weighted by Gasteiger charge is -2.47. The van der Waals surface area contributed by atoms with E-state index in [-0.39, 0.29) is 30.8 Å². The summed E-state index contributed by atoms with van der Waals surface area (Å²) in [5, 5.41) is 11.4. The molecule has 1 N–H and O–H groups in total. The van der Waals surface area contributed by atoms with Gasteiger partial charge in [0, 0.05) is 68.1 Å². The third-order valence-corrected chi connectivity index (χ3v) is 12.8. The minimum atomic E-state index is -1.40. The molecule has 2 aromatic rings. The van der Waals surface area contributed by atoms with Gasteiger partial charge in [-0.3, -0.25) is 19.4 Å². The summed E-state index contributed by atoms with van der Waals surface area (Å²) in [4.78, 5) is 68.9. The molecule has 3 fully saturated rings. The number of aliphatic hydroxyl groups excluding tert-OH is 1. The first-order valence-corrected chi connectivity index (χ1v) is 20.8. The highest BCUT2D eigenvalue weighted by molar-refractivity contribution is 6.00. The van der Waals surface area contributed by atoms with Gasteiger partial charge in [-0.15, -0.1) is 0 Å². The first-order chi connectivity index (χ1) is 27.4. The number of aliphatic hydroxyl groups is 1. The summed E-state index contributed by atoms with van der Waals surface area (Å²) in [6, 6.07) is 2.73. The number of pyridine rings is 1. The summed E-state index contributed by atoms with van der Waals surface area (Å²) in [5.74, 6) is -4.95. The van der Waals surface area contributed by atoms with Crippen LogP contribution < -0.4 is 0 Å². The van der Waals surface area contributed by atoms with Crippen LogP contribution in [0.5, 0.6) is 0 Å². The fourth-order valence-corrected chi connectivity index (χ4v) is 9.44. The zero-order valence-electron chi connectivity index (χ0n) is 36.1. The van der Waals surface area contributed by atoms with E-state index in [1.54, 1.807) is 51.3 Å². The van der Waals surface area contributed by atoms with E-state index in [0.717, 1.165) is 11.3 Å². The van der Waals surface area contributed by atoms with E-state index in [0.29, 0.717) is 32.4 Å². The zero-order chi connectivity index (χ0) is 42.7. The second kappa shape index (κ2) is 18.7. The van der Waals surface area contributed by atoms with Gasteiger partial charge in [0.05, 0.1) is 35.9 Å². The molecule has 0 unspecified atom stereocenters. The molecule has 0 radical (unpaired) electrons. The number of ether oxygens (including phenoxy) is 5. The maximum absolute atomic E-state index is 14.7. The van der Waals surface area contributed by atoms with Crippen LogP contribution in [0.1, 0.15) is 87.5 Å². The molecule has 1 amide bonds. The summed E-state index contributed by atoms with van der Waals surface area (Å²) in [6.07, 6.45) is 4.45. The topological polar surface area (TPSA) is 172 Å². The van der Waals surface area contributed by atoms with E-state index in [4.69, 9.17) is 23.7 Å². The summed E-state index contributed by atoms with van der Waals surface area (Å²) >= 11 is 0. The zero-order valence-corrected chi connectivity index (χ0v) is 36.1. The third kappa shape index (κ3) is 9.33. The summed E-state index contributed by atoms with van der Waals surface area (Å²) < 4.78 is 33.2. The van der Waals surface area contributed by atoms with E-state index in [1.807, 2.05) is 62.7 Å². The largest absolute Gasteiger partial charge is 0.458 e. The van der Waals surface area contributed by atoms with Crippen LogP contribution in [-0.4, -0.2) is 135 Å². The van der Waals surface area contributed by atoms with Gasteiger partial charge in [-0.05, 0) is 86.0 Å². The second-order valence-corrected chi connectivity index (χ2v) is 17.3. The number of hydrogen-bond donors (Lipinski definition) is 1. The van der Waals surface area contributed by atoms with E-state index in [1.165, 1.54) is 14.0 Å². The van der Waals surface area contributed by atoms with Crippen molar-refractivity contribution in [3.05, 3.63) is 37.1 Å². The second-order valence-electron chi connectivity index (χ2n) is 17.3. The van der Waals surface area contributed by atoms with Crippen molar-refractivity contribution in [1.29, 1.82) is 0 Å². The number of carbonyl (C=O) groups excluding carboxylic acids is 4. The van der Waals surface area contributed by atoms with Crippen molar-refractivity contribution in [1.82, 2.24) is 24.3 Å². The Hall–Kier alpha value is -3.76. The van der Waals surface area contributed by atoms with Crippen molar-refractivity contribution >= 4 is 23.6 Å². The van der Waals surface area contributed by atoms with Crippen LogP contribution in [0.4, 0.5) is 4.79 Å².